The van der Waals surface area contributed by atoms with Gasteiger partial charge in [0.15, 0.2) is 6.61 Å². The zero-order chi connectivity index (χ0) is 24.1. The maximum Gasteiger partial charge on any atom is 0.311 e. The van der Waals surface area contributed by atoms with Crippen molar-refractivity contribution in [2.75, 3.05) is 18.5 Å². The number of nitrogens with zero attached hydrogens (tertiary/aromatic N) is 2. The molecule has 11 nitrogen and oxygen atoms in total. The Kier molecular flexibility index (Phi) is 7.46. The van der Waals surface area contributed by atoms with Crippen molar-refractivity contribution in [1.82, 2.24) is 10.4 Å². The maximum absolute atomic E-state index is 12.4. The summed E-state index contributed by atoms with van der Waals surface area (Å²) in [5.74, 6) is -3.89. The first-order valence-electron chi connectivity index (χ1n) is 9.42. The summed E-state index contributed by atoms with van der Waals surface area (Å²) >= 11 is 11.8. The largest absolute Gasteiger partial charge is 0.455 e. The summed E-state index contributed by atoms with van der Waals surface area (Å²) in [6, 6.07) is 9.87. The van der Waals surface area contributed by atoms with Gasteiger partial charge in [0.05, 0.1) is 33.1 Å². The first-order valence-corrected chi connectivity index (χ1v) is 10.2. The lowest BCUT2D eigenvalue weighted by Crippen LogP contribution is -2.43. The Balaban J connectivity index is 1.54. The first kappa shape index (κ1) is 24.0. The molecule has 0 aliphatic carbocycles. The van der Waals surface area contributed by atoms with Gasteiger partial charge in [-0.3, -0.25) is 39.7 Å². The molecule has 1 saturated heterocycles. The van der Waals surface area contributed by atoms with Crippen molar-refractivity contribution < 1.29 is 28.8 Å². The van der Waals surface area contributed by atoms with E-state index in [2.05, 4.69) is 10.7 Å². The minimum Gasteiger partial charge on any atom is -0.455 e. The molecule has 0 spiro atoms. The lowest BCUT2D eigenvalue weighted by Gasteiger charge is -2.17. The number of amides is 3. The first-order chi connectivity index (χ1) is 15.7. The molecule has 3 rings (SSSR count). The van der Waals surface area contributed by atoms with Crippen molar-refractivity contribution in [3.63, 3.8) is 0 Å². The number of rotatable bonds is 7. The summed E-state index contributed by atoms with van der Waals surface area (Å²) in [7, 11) is 0. The van der Waals surface area contributed by atoms with Crippen molar-refractivity contribution in [2.45, 2.75) is 6.42 Å². The minimum absolute atomic E-state index is 0.130. The van der Waals surface area contributed by atoms with Crippen LogP contribution >= 0.6 is 23.2 Å². The Morgan fingerprint density at radius 1 is 1.15 bits per heavy atom. The van der Waals surface area contributed by atoms with Crippen molar-refractivity contribution in [2.24, 2.45) is 5.92 Å². The van der Waals surface area contributed by atoms with Gasteiger partial charge < -0.3 is 10.1 Å². The van der Waals surface area contributed by atoms with E-state index in [0.29, 0.717) is 0 Å². The van der Waals surface area contributed by atoms with Crippen LogP contribution in [0.5, 0.6) is 0 Å². The molecule has 1 atom stereocenters. The van der Waals surface area contributed by atoms with Crippen LogP contribution in [0, 0.1) is 16.0 Å². The minimum atomic E-state index is -0.939. The fraction of sp³-hybridized carbons (Fsp3) is 0.200. The third-order valence-corrected chi connectivity index (χ3v) is 5.43. The number of carbonyl (C=O) groups excluding carboxylic acids is 4. The average Bonchev–Trinajstić information content (AvgIpc) is 3.15. The highest BCUT2D eigenvalue weighted by molar-refractivity contribution is 6.44. The number of hydrogen-bond acceptors (Lipinski definition) is 7. The second-order valence-electron chi connectivity index (χ2n) is 6.88. The Morgan fingerprint density at radius 3 is 2.61 bits per heavy atom. The van der Waals surface area contributed by atoms with Gasteiger partial charge in [-0.2, -0.15) is 0 Å². The van der Waals surface area contributed by atoms with E-state index in [9.17, 15) is 29.3 Å². The number of nitro benzene ring substituents is 1. The van der Waals surface area contributed by atoms with Crippen LogP contribution in [0.4, 0.5) is 11.4 Å². The van der Waals surface area contributed by atoms with Gasteiger partial charge in [-0.25, -0.2) is 0 Å². The van der Waals surface area contributed by atoms with E-state index in [1.54, 1.807) is 6.07 Å². The Hall–Kier alpha value is -3.70. The van der Waals surface area contributed by atoms with E-state index in [1.165, 1.54) is 30.3 Å². The molecule has 2 aromatic rings. The summed E-state index contributed by atoms with van der Waals surface area (Å²) in [6.07, 6.45) is -0.266. The third-order valence-electron chi connectivity index (χ3n) is 4.61. The number of benzene rings is 2. The van der Waals surface area contributed by atoms with Crippen LogP contribution in [0.15, 0.2) is 42.5 Å². The number of carbonyl (C=O) groups is 4. The molecule has 1 fully saturated rings. The predicted octanol–water partition coefficient (Wildman–Crippen LogP) is 2.58. The van der Waals surface area contributed by atoms with Crippen LogP contribution in [0.2, 0.25) is 10.0 Å². The molecule has 0 aromatic heterocycles. The second kappa shape index (κ2) is 10.3. The van der Waals surface area contributed by atoms with Gasteiger partial charge in [0, 0.05) is 12.5 Å². The number of nitro groups is 1. The highest BCUT2D eigenvalue weighted by Gasteiger charge is 2.37. The number of hydrogen-bond donors (Lipinski definition) is 2. The lowest BCUT2D eigenvalue weighted by atomic mass is 10.1. The van der Waals surface area contributed by atoms with Crippen LogP contribution in [-0.2, 0) is 19.1 Å². The van der Waals surface area contributed by atoms with E-state index in [0.717, 1.165) is 11.1 Å². The summed E-state index contributed by atoms with van der Waals surface area (Å²) < 4.78 is 4.96. The molecule has 1 aliphatic heterocycles. The number of para-hydroxylation sites is 1. The van der Waals surface area contributed by atoms with Crippen molar-refractivity contribution >= 4 is 58.3 Å². The van der Waals surface area contributed by atoms with Crippen LogP contribution in [0.3, 0.4) is 0 Å². The normalized spacial score (nSPS) is 15.2. The summed E-state index contributed by atoms with van der Waals surface area (Å²) in [6.45, 7) is -0.847. The van der Waals surface area contributed by atoms with Crippen molar-refractivity contribution in [3.05, 3.63) is 68.2 Å². The van der Waals surface area contributed by atoms with Crippen LogP contribution in [0.25, 0.3) is 0 Å². The van der Waals surface area contributed by atoms with Gasteiger partial charge in [0.25, 0.3) is 17.5 Å². The molecular weight excluding hydrogens is 479 g/mol. The fourth-order valence-electron chi connectivity index (χ4n) is 3.02. The van der Waals surface area contributed by atoms with Gasteiger partial charge >= 0.3 is 5.97 Å². The van der Waals surface area contributed by atoms with Crippen LogP contribution in [-0.4, -0.2) is 46.8 Å². The number of hydrazine groups is 1. The van der Waals surface area contributed by atoms with E-state index in [4.69, 9.17) is 27.9 Å². The number of halogens is 2. The Morgan fingerprint density at radius 2 is 1.88 bits per heavy atom. The van der Waals surface area contributed by atoms with E-state index in [-0.39, 0.29) is 34.3 Å². The summed E-state index contributed by atoms with van der Waals surface area (Å²) in [5.41, 5.74) is 1.84. The van der Waals surface area contributed by atoms with E-state index < -0.39 is 46.8 Å². The molecule has 0 unspecified atom stereocenters. The maximum atomic E-state index is 12.4. The lowest BCUT2D eigenvalue weighted by molar-refractivity contribution is -0.385. The van der Waals surface area contributed by atoms with Gasteiger partial charge in [-0.15, -0.1) is 0 Å². The fourth-order valence-corrected chi connectivity index (χ4v) is 3.37. The zero-order valence-corrected chi connectivity index (χ0v) is 18.3. The standard InChI is InChI=1S/C20H16Cl2N4O7/c21-13-5-3-6-14(18(13)22)23-16(27)10-33-20(30)11-8-17(28)25(9-11)24-19(29)12-4-1-2-7-15(12)26(31)32/h1-7,11H,8-10H2,(H,23,27)(H,24,29)/t11-/m0/s1. The van der Waals surface area contributed by atoms with Crippen LogP contribution < -0.4 is 10.7 Å². The molecule has 33 heavy (non-hydrogen) atoms. The smallest absolute Gasteiger partial charge is 0.311 e. The van der Waals surface area contributed by atoms with E-state index >= 15 is 0 Å². The summed E-state index contributed by atoms with van der Waals surface area (Å²) in [4.78, 5) is 59.3. The van der Waals surface area contributed by atoms with Gasteiger partial charge in [-0.05, 0) is 18.2 Å². The highest BCUT2D eigenvalue weighted by atomic mass is 35.5. The number of nitrogens with one attached hydrogen (secondary N) is 2. The molecule has 1 aliphatic rings. The van der Waals surface area contributed by atoms with Crippen molar-refractivity contribution in [3.8, 4) is 0 Å². The Bertz CT molecular complexity index is 1140. The topological polar surface area (TPSA) is 148 Å². The molecule has 2 N–H and O–H groups in total. The SMILES string of the molecule is O=C(COC(=O)[C@H]1CC(=O)N(NC(=O)c2ccccc2[N+](=O)[O-])C1)Nc1cccc(Cl)c1Cl. The Labute approximate surface area is 196 Å². The molecule has 13 heteroatoms. The quantitative estimate of drug-likeness (QED) is 0.341. The molecular formula is C20H16Cl2N4O7. The molecule has 0 radical (unpaired) electrons. The third kappa shape index (κ3) is 5.76. The molecule has 3 amide bonds. The number of anilines is 1. The highest BCUT2D eigenvalue weighted by Crippen LogP contribution is 2.29. The van der Waals surface area contributed by atoms with E-state index in [1.807, 2.05) is 0 Å². The van der Waals surface area contributed by atoms with Crippen molar-refractivity contribution in [1.29, 1.82) is 0 Å². The second-order valence-corrected chi connectivity index (χ2v) is 7.66. The van der Waals surface area contributed by atoms with Gasteiger partial charge in [0.2, 0.25) is 5.91 Å². The molecule has 2 aromatic carbocycles. The van der Waals surface area contributed by atoms with Gasteiger partial charge in [-0.1, -0.05) is 41.4 Å². The predicted molar refractivity (Wildman–Crippen MR) is 116 cm³/mol. The molecule has 0 bridgehead atoms. The zero-order valence-electron chi connectivity index (χ0n) is 16.7. The van der Waals surface area contributed by atoms with Gasteiger partial charge in [0.1, 0.15) is 5.56 Å². The molecule has 1 heterocycles. The number of esters is 1. The number of ether oxygens (including phenoxy) is 1. The summed E-state index contributed by atoms with van der Waals surface area (Å²) in [5, 5.41) is 14.8. The molecule has 172 valence electrons. The van der Waals surface area contributed by atoms with Crippen LogP contribution in [0.1, 0.15) is 16.8 Å². The monoisotopic (exact) mass is 494 g/mol. The molecule has 0 saturated carbocycles. The average molecular weight is 495 g/mol.